The van der Waals surface area contributed by atoms with Gasteiger partial charge in [0.25, 0.3) is 5.91 Å². The molecule has 1 aliphatic heterocycles. The van der Waals surface area contributed by atoms with E-state index in [-0.39, 0.29) is 17.9 Å². The zero-order valence-electron chi connectivity index (χ0n) is 8.84. The molecule has 1 aliphatic rings. The van der Waals surface area contributed by atoms with E-state index in [0.717, 1.165) is 11.5 Å². The summed E-state index contributed by atoms with van der Waals surface area (Å²) in [6.07, 6.45) is 2.05. The van der Waals surface area contributed by atoms with Gasteiger partial charge in [-0.05, 0) is 18.0 Å². The number of aromatic nitrogens is 2. The van der Waals surface area contributed by atoms with Crippen LogP contribution in [0.15, 0.2) is 6.20 Å². The van der Waals surface area contributed by atoms with Crippen LogP contribution in [-0.2, 0) is 4.79 Å². The number of hydrogen-bond acceptors (Lipinski definition) is 5. The highest BCUT2D eigenvalue weighted by atomic mass is 32.1. The van der Waals surface area contributed by atoms with Gasteiger partial charge in [-0.15, -0.1) is 5.10 Å². The molecule has 0 bridgehead atoms. The van der Waals surface area contributed by atoms with Crippen LogP contribution in [0.4, 0.5) is 0 Å². The molecule has 0 radical (unpaired) electrons. The van der Waals surface area contributed by atoms with Crippen molar-refractivity contribution in [1.29, 1.82) is 0 Å². The standard InChI is InChI=1S/C9H12N4O2S/c1-2-6-8(14)10-3-4-13(6)9(15)7-5-11-12-16-7/h5-6H,2-4H2,1H3,(H,10,14). The first-order valence-corrected chi connectivity index (χ1v) is 5.87. The van der Waals surface area contributed by atoms with Gasteiger partial charge in [0.05, 0.1) is 6.20 Å². The predicted molar refractivity (Wildman–Crippen MR) is 58.0 cm³/mol. The Balaban J connectivity index is 2.18. The van der Waals surface area contributed by atoms with Crippen molar-refractivity contribution in [1.82, 2.24) is 19.8 Å². The molecule has 1 aromatic rings. The number of hydrogen-bond donors (Lipinski definition) is 1. The summed E-state index contributed by atoms with van der Waals surface area (Å²) < 4.78 is 3.65. The van der Waals surface area contributed by atoms with E-state index in [2.05, 4.69) is 14.9 Å². The molecular formula is C9H12N4O2S. The fourth-order valence-electron chi connectivity index (χ4n) is 1.77. The van der Waals surface area contributed by atoms with Crippen LogP contribution in [0.1, 0.15) is 23.0 Å². The first-order valence-electron chi connectivity index (χ1n) is 5.10. The lowest BCUT2D eigenvalue weighted by molar-refractivity contribution is -0.127. The zero-order valence-corrected chi connectivity index (χ0v) is 9.66. The van der Waals surface area contributed by atoms with Crippen molar-refractivity contribution in [3.63, 3.8) is 0 Å². The van der Waals surface area contributed by atoms with Gasteiger partial charge < -0.3 is 10.2 Å². The van der Waals surface area contributed by atoms with Gasteiger partial charge in [0, 0.05) is 13.1 Å². The molecular weight excluding hydrogens is 228 g/mol. The molecule has 0 spiro atoms. The van der Waals surface area contributed by atoms with Gasteiger partial charge in [-0.2, -0.15) is 0 Å². The lowest BCUT2D eigenvalue weighted by atomic mass is 10.1. The summed E-state index contributed by atoms with van der Waals surface area (Å²) in [5, 5.41) is 6.38. The molecule has 2 amide bonds. The summed E-state index contributed by atoms with van der Waals surface area (Å²) >= 11 is 1.05. The normalized spacial score (nSPS) is 20.7. The van der Waals surface area contributed by atoms with E-state index in [1.165, 1.54) is 6.20 Å². The summed E-state index contributed by atoms with van der Waals surface area (Å²) in [4.78, 5) is 25.7. The van der Waals surface area contributed by atoms with E-state index < -0.39 is 0 Å². The molecule has 1 saturated heterocycles. The van der Waals surface area contributed by atoms with Crippen molar-refractivity contribution in [3.8, 4) is 0 Å². The molecule has 6 nitrogen and oxygen atoms in total. The van der Waals surface area contributed by atoms with Crippen LogP contribution in [0, 0.1) is 0 Å². The Labute approximate surface area is 96.8 Å². The Morgan fingerprint density at radius 2 is 2.56 bits per heavy atom. The fourth-order valence-corrected chi connectivity index (χ4v) is 2.24. The Hall–Kier alpha value is -1.50. The predicted octanol–water partition coefficient (Wildman–Crippen LogP) is -0.111. The Morgan fingerprint density at radius 3 is 3.19 bits per heavy atom. The van der Waals surface area contributed by atoms with E-state index in [1.54, 1.807) is 4.90 Å². The quantitative estimate of drug-likeness (QED) is 0.782. The van der Waals surface area contributed by atoms with Gasteiger partial charge >= 0.3 is 0 Å². The topological polar surface area (TPSA) is 75.2 Å². The van der Waals surface area contributed by atoms with Crippen LogP contribution in [0.2, 0.25) is 0 Å². The van der Waals surface area contributed by atoms with Crippen LogP contribution in [0.25, 0.3) is 0 Å². The van der Waals surface area contributed by atoms with Crippen molar-refractivity contribution in [2.75, 3.05) is 13.1 Å². The molecule has 7 heteroatoms. The molecule has 2 heterocycles. The Bertz CT molecular complexity index is 392. The zero-order chi connectivity index (χ0) is 11.5. The van der Waals surface area contributed by atoms with Crippen molar-refractivity contribution < 1.29 is 9.59 Å². The molecule has 0 saturated carbocycles. The molecule has 1 fully saturated rings. The molecule has 0 aromatic carbocycles. The van der Waals surface area contributed by atoms with Gasteiger partial charge in [0.1, 0.15) is 10.9 Å². The van der Waals surface area contributed by atoms with E-state index in [9.17, 15) is 9.59 Å². The van der Waals surface area contributed by atoms with Crippen LogP contribution >= 0.6 is 11.5 Å². The summed E-state index contributed by atoms with van der Waals surface area (Å²) in [6.45, 7) is 2.94. The second-order valence-electron chi connectivity index (χ2n) is 3.50. The molecule has 16 heavy (non-hydrogen) atoms. The minimum atomic E-state index is -0.372. The summed E-state index contributed by atoms with van der Waals surface area (Å²) in [7, 11) is 0. The smallest absolute Gasteiger partial charge is 0.267 e. The molecule has 1 atom stereocenters. The minimum Gasteiger partial charge on any atom is -0.353 e. The van der Waals surface area contributed by atoms with Crippen LogP contribution in [-0.4, -0.2) is 45.4 Å². The minimum absolute atomic E-state index is 0.0837. The number of amides is 2. The van der Waals surface area contributed by atoms with E-state index in [1.807, 2.05) is 6.92 Å². The Kier molecular flexibility index (Phi) is 3.14. The maximum Gasteiger partial charge on any atom is 0.267 e. The van der Waals surface area contributed by atoms with Crippen LogP contribution in [0.5, 0.6) is 0 Å². The van der Waals surface area contributed by atoms with Crippen molar-refractivity contribution >= 4 is 23.3 Å². The van der Waals surface area contributed by atoms with Crippen molar-refractivity contribution in [3.05, 3.63) is 11.1 Å². The number of piperazine rings is 1. The van der Waals surface area contributed by atoms with E-state index in [4.69, 9.17) is 0 Å². The monoisotopic (exact) mass is 240 g/mol. The molecule has 2 rings (SSSR count). The summed E-state index contributed by atoms with van der Waals surface area (Å²) in [6, 6.07) is -0.372. The summed E-state index contributed by atoms with van der Waals surface area (Å²) in [5.74, 6) is -0.240. The maximum atomic E-state index is 12.1. The van der Waals surface area contributed by atoms with Gasteiger partial charge in [0.15, 0.2) is 0 Å². The molecule has 1 unspecified atom stereocenters. The summed E-state index contributed by atoms with van der Waals surface area (Å²) in [5.41, 5.74) is 0. The third-order valence-electron chi connectivity index (χ3n) is 2.55. The number of rotatable bonds is 2. The number of nitrogens with zero attached hydrogens (tertiary/aromatic N) is 3. The SMILES string of the molecule is CCC1C(=O)NCCN1C(=O)c1cnns1. The lowest BCUT2D eigenvalue weighted by Gasteiger charge is -2.33. The first kappa shape index (κ1) is 11.0. The third kappa shape index (κ3) is 1.90. The molecule has 0 aliphatic carbocycles. The van der Waals surface area contributed by atoms with E-state index in [0.29, 0.717) is 24.4 Å². The van der Waals surface area contributed by atoms with Gasteiger partial charge in [-0.25, -0.2) is 0 Å². The number of nitrogens with one attached hydrogen (secondary N) is 1. The average molecular weight is 240 g/mol. The number of carbonyl (C=O) groups is 2. The third-order valence-corrected chi connectivity index (χ3v) is 3.20. The Morgan fingerprint density at radius 1 is 1.75 bits per heavy atom. The molecule has 1 aromatic heterocycles. The first-order chi connectivity index (χ1) is 7.74. The van der Waals surface area contributed by atoms with Crippen molar-refractivity contribution in [2.45, 2.75) is 19.4 Å². The van der Waals surface area contributed by atoms with Crippen molar-refractivity contribution in [2.24, 2.45) is 0 Å². The van der Waals surface area contributed by atoms with E-state index >= 15 is 0 Å². The van der Waals surface area contributed by atoms with Crippen LogP contribution in [0.3, 0.4) is 0 Å². The highest BCUT2D eigenvalue weighted by Crippen LogP contribution is 2.14. The van der Waals surface area contributed by atoms with Crippen LogP contribution < -0.4 is 5.32 Å². The average Bonchev–Trinajstić information content (AvgIpc) is 2.81. The largest absolute Gasteiger partial charge is 0.353 e. The highest BCUT2D eigenvalue weighted by molar-refractivity contribution is 7.07. The second kappa shape index (κ2) is 4.56. The number of carbonyl (C=O) groups excluding carboxylic acids is 2. The molecule has 1 N–H and O–H groups in total. The maximum absolute atomic E-state index is 12.1. The van der Waals surface area contributed by atoms with Gasteiger partial charge in [-0.3, -0.25) is 9.59 Å². The molecule has 86 valence electrons. The highest BCUT2D eigenvalue weighted by Gasteiger charge is 2.32. The second-order valence-corrected chi connectivity index (χ2v) is 4.28. The van der Waals surface area contributed by atoms with Gasteiger partial charge in [0.2, 0.25) is 5.91 Å². The van der Waals surface area contributed by atoms with Gasteiger partial charge in [-0.1, -0.05) is 11.4 Å². The fraction of sp³-hybridized carbons (Fsp3) is 0.556. The lowest BCUT2D eigenvalue weighted by Crippen LogP contribution is -2.56.